The van der Waals surface area contributed by atoms with Gasteiger partial charge in [0.05, 0.1) is 0 Å². The van der Waals surface area contributed by atoms with Crippen molar-refractivity contribution in [2.75, 3.05) is 13.1 Å². The van der Waals surface area contributed by atoms with Gasteiger partial charge in [0.2, 0.25) is 5.91 Å². The van der Waals surface area contributed by atoms with Crippen LogP contribution in [0.25, 0.3) is 0 Å². The SMILES string of the molecule is CC(C)CN(Cc1ccccc1F)C(=O)CCN. The summed E-state index contributed by atoms with van der Waals surface area (Å²) in [7, 11) is 0. The van der Waals surface area contributed by atoms with Crippen LogP contribution in [-0.2, 0) is 11.3 Å². The highest BCUT2D eigenvalue weighted by Crippen LogP contribution is 2.12. The van der Waals surface area contributed by atoms with Crippen molar-refractivity contribution in [3.63, 3.8) is 0 Å². The van der Waals surface area contributed by atoms with Gasteiger partial charge in [0.25, 0.3) is 0 Å². The summed E-state index contributed by atoms with van der Waals surface area (Å²) in [5, 5.41) is 0. The maximum atomic E-state index is 13.6. The Bertz CT molecular complexity index is 393. The maximum absolute atomic E-state index is 13.6. The van der Waals surface area contributed by atoms with Crippen LogP contribution in [0.1, 0.15) is 25.8 Å². The molecule has 0 aromatic heterocycles. The zero-order valence-electron chi connectivity index (χ0n) is 11.0. The Balaban J connectivity index is 2.78. The van der Waals surface area contributed by atoms with E-state index in [9.17, 15) is 9.18 Å². The molecule has 0 atom stereocenters. The number of nitrogens with two attached hydrogens (primary N) is 1. The molecule has 1 amide bonds. The van der Waals surface area contributed by atoms with Gasteiger partial charge in [-0.1, -0.05) is 32.0 Å². The van der Waals surface area contributed by atoms with Crippen molar-refractivity contribution in [1.82, 2.24) is 4.90 Å². The predicted molar refractivity (Wildman–Crippen MR) is 70.3 cm³/mol. The van der Waals surface area contributed by atoms with Gasteiger partial charge in [0.1, 0.15) is 5.82 Å². The topological polar surface area (TPSA) is 46.3 Å². The van der Waals surface area contributed by atoms with Crippen LogP contribution in [0, 0.1) is 11.7 Å². The van der Waals surface area contributed by atoms with Crippen LogP contribution < -0.4 is 5.73 Å². The first kappa shape index (κ1) is 14.6. The van der Waals surface area contributed by atoms with Crippen molar-refractivity contribution >= 4 is 5.91 Å². The van der Waals surface area contributed by atoms with E-state index in [4.69, 9.17) is 5.73 Å². The van der Waals surface area contributed by atoms with Crippen molar-refractivity contribution in [1.29, 1.82) is 0 Å². The molecule has 18 heavy (non-hydrogen) atoms. The molecule has 2 N–H and O–H groups in total. The van der Waals surface area contributed by atoms with Gasteiger partial charge in [-0.25, -0.2) is 4.39 Å². The monoisotopic (exact) mass is 252 g/mol. The van der Waals surface area contributed by atoms with Crippen LogP contribution in [0.4, 0.5) is 4.39 Å². The largest absolute Gasteiger partial charge is 0.338 e. The van der Waals surface area contributed by atoms with Gasteiger partial charge in [0, 0.05) is 31.6 Å². The molecule has 0 bridgehead atoms. The molecule has 0 aliphatic carbocycles. The summed E-state index contributed by atoms with van der Waals surface area (Å²) >= 11 is 0. The molecular weight excluding hydrogens is 231 g/mol. The third-order valence-corrected chi connectivity index (χ3v) is 2.62. The lowest BCUT2D eigenvalue weighted by atomic mass is 10.1. The van der Waals surface area contributed by atoms with Crippen molar-refractivity contribution < 1.29 is 9.18 Å². The van der Waals surface area contributed by atoms with E-state index in [1.807, 2.05) is 13.8 Å². The minimum absolute atomic E-state index is 0.0190. The molecular formula is C14H21FN2O. The fourth-order valence-corrected chi connectivity index (χ4v) is 1.81. The Hall–Kier alpha value is -1.42. The molecule has 0 fully saturated rings. The van der Waals surface area contributed by atoms with Crippen LogP contribution in [-0.4, -0.2) is 23.9 Å². The number of benzene rings is 1. The van der Waals surface area contributed by atoms with Crippen molar-refractivity contribution in [3.8, 4) is 0 Å². The second kappa shape index (κ2) is 7.11. The summed E-state index contributed by atoms with van der Waals surface area (Å²) in [4.78, 5) is 13.6. The summed E-state index contributed by atoms with van der Waals surface area (Å²) in [6.07, 6.45) is 0.307. The molecule has 3 nitrogen and oxygen atoms in total. The summed E-state index contributed by atoms with van der Waals surface area (Å²) in [5.41, 5.74) is 5.94. The van der Waals surface area contributed by atoms with Gasteiger partial charge >= 0.3 is 0 Å². The lowest BCUT2D eigenvalue weighted by Crippen LogP contribution is -2.35. The molecule has 0 aliphatic heterocycles. The molecule has 0 saturated carbocycles. The van der Waals surface area contributed by atoms with E-state index >= 15 is 0 Å². The number of carbonyl (C=O) groups is 1. The quantitative estimate of drug-likeness (QED) is 0.843. The first-order valence-electron chi connectivity index (χ1n) is 6.25. The lowest BCUT2D eigenvalue weighted by molar-refractivity contribution is -0.132. The van der Waals surface area contributed by atoms with Gasteiger partial charge in [-0.15, -0.1) is 0 Å². The number of carbonyl (C=O) groups excluding carboxylic acids is 1. The van der Waals surface area contributed by atoms with E-state index in [-0.39, 0.29) is 11.7 Å². The maximum Gasteiger partial charge on any atom is 0.224 e. The van der Waals surface area contributed by atoms with Gasteiger partial charge in [0.15, 0.2) is 0 Å². The molecule has 0 saturated heterocycles. The van der Waals surface area contributed by atoms with Crippen LogP contribution in [0.5, 0.6) is 0 Å². The Morgan fingerprint density at radius 1 is 1.39 bits per heavy atom. The van der Waals surface area contributed by atoms with Crippen LogP contribution >= 0.6 is 0 Å². The van der Waals surface area contributed by atoms with Gasteiger partial charge in [-0.3, -0.25) is 4.79 Å². The van der Waals surface area contributed by atoms with Gasteiger partial charge in [-0.2, -0.15) is 0 Å². The van der Waals surface area contributed by atoms with E-state index < -0.39 is 0 Å². The van der Waals surface area contributed by atoms with Crippen LogP contribution in [0.3, 0.4) is 0 Å². The highest BCUT2D eigenvalue weighted by atomic mass is 19.1. The normalized spacial score (nSPS) is 10.7. The van der Waals surface area contributed by atoms with Crippen molar-refractivity contribution in [3.05, 3.63) is 35.6 Å². The Morgan fingerprint density at radius 2 is 2.06 bits per heavy atom. The van der Waals surface area contributed by atoms with Gasteiger partial charge < -0.3 is 10.6 Å². The first-order valence-corrected chi connectivity index (χ1v) is 6.25. The molecule has 0 radical (unpaired) electrons. The Morgan fingerprint density at radius 3 is 2.61 bits per heavy atom. The van der Waals surface area contributed by atoms with E-state index in [1.165, 1.54) is 6.07 Å². The van der Waals surface area contributed by atoms with E-state index in [2.05, 4.69) is 0 Å². The molecule has 0 heterocycles. The summed E-state index contributed by atoms with van der Waals surface area (Å²) in [6, 6.07) is 6.54. The number of amides is 1. The molecule has 100 valence electrons. The number of hydrogen-bond acceptors (Lipinski definition) is 2. The highest BCUT2D eigenvalue weighted by Gasteiger charge is 2.16. The molecule has 1 aromatic carbocycles. The van der Waals surface area contributed by atoms with Crippen molar-refractivity contribution in [2.45, 2.75) is 26.8 Å². The molecule has 0 spiro atoms. The minimum atomic E-state index is -0.271. The number of rotatable bonds is 6. The average Bonchev–Trinajstić information content (AvgIpc) is 2.31. The number of halogens is 1. The Kier molecular flexibility index (Phi) is 5.78. The zero-order valence-corrected chi connectivity index (χ0v) is 11.0. The smallest absolute Gasteiger partial charge is 0.224 e. The van der Waals surface area contributed by atoms with Crippen LogP contribution in [0.15, 0.2) is 24.3 Å². The lowest BCUT2D eigenvalue weighted by Gasteiger charge is -2.24. The summed E-state index contributed by atoms with van der Waals surface area (Å²) < 4.78 is 13.6. The molecule has 1 aromatic rings. The fraction of sp³-hybridized carbons (Fsp3) is 0.500. The standard InChI is InChI=1S/C14H21FN2O/c1-11(2)9-17(14(18)7-8-16)10-12-5-3-4-6-13(12)15/h3-6,11H,7-10,16H2,1-2H3. The molecule has 1 rings (SSSR count). The second-order valence-corrected chi connectivity index (χ2v) is 4.80. The fourth-order valence-electron chi connectivity index (χ4n) is 1.81. The minimum Gasteiger partial charge on any atom is -0.338 e. The third kappa shape index (κ3) is 4.45. The van der Waals surface area contributed by atoms with E-state index in [1.54, 1.807) is 23.1 Å². The highest BCUT2D eigenvalue weighted by molar-refractivity contribution is 5.76. The molecule has 0 aliphatic rings. The Labute approximate surface area is 108 Å². The first-order chi connectivity index (χ1) is 8.54. The number of nitrogens with zero attached hydrogens (tertiary/aromatic N) is 1. The number of hydrogen-bond donors (Lipinski definition) is 1. The third-order valence-electron chi connectivity index (χ3n) is 2.62. The predicted octanol–water partition coefficient (Wildman–Crippen LogP) is 2.16. The van der Waals surface area contributed by atoms with E-state index in [0.717, 1.165) is 0 Å². The zero-order chi connectivity index (χ0) is 13.5. The van der Waals surface area contributed by atoms with Gasteiger partial charge in [-0.05, 0) is 12.0 Å². The molecule has 4 heteroatoms. The summed E-state index contributed by atoms with van der Waals surface area (Å²) in [5.74, 6) is 0.0553. The summed E-state index contributed by atoms with van der Waals surface area (Å²) in [6.45, 7) is 5.32. The van der Waals surface area contributed by atoms with Crippen molar-refractivity contribution in [2.24, 2.45) is 11.7 Å². The van der Waals surface area contributed by atoms with Crippen LogP contribution in [0.2, 0.25) is 0 Å². The van der Waals surface area contributed by atoms with E-state index in [0.29, 0.717) is 37.5 Å². The second-order valence-electron chi connectivity index (χ2n) is 4.80. The molecule has 0 unspecified atom stereocenters. The average molecular weight is 252 g/mol.